The monoisotopic (exact) mass is 292 g/mol. The molecule has 116 valence electrons. The molecule has 2 aliphatic rings. The number of carboxylic acid groups (broad SMARTS) is 1. The summed E-state index contributed by atoms with van der Waals surface area (Å²) in [5.41, 5.74) is 2.96. The van der Waals surface area contributed by atoms with E-state index in [-0.39, 0.29) is 23.9 Å². The molecule has 1 N–H and O–H groups in total. The molecule has 4 atom stereocenters. The van der Waals surface area contributed by atoms with E-state index in [0.717, 1.165) is 19.3 Å². The molecule has 0 radical (unpaired) electrons. The first-order valence-corrected chi connectivity index (χ1v) is 7.59. The van der Waals surface area contributed by atoms with E-state index >= 15 is 0 Å². The molecule has 0 amide bonds. The summed E-state index contributed by atoms with van der Waals surface area (Å²) in [6.45, 7) is 7.38. The maximum atomic E-state index is 11.3. The molecule has 0 heterocycles. The zero-order valence-electron chi connectivity index (χ0n) is 13.2. The lowest BCUT2D eigenvalue weighted by Crippen LogP contribution is -2.33. The molecule has 0 aromatic carbocycles. The van der Waals surface area contributed by atoms with Crippen LogP contribution in [0.25, 0.3) is 0 Å². The van der Waals surface area contributed by atoms with E-state index in [1.807, 2.05) is 6.08 Å². The van der Waals surface area contributed by atoms with Crippen LogP contribution in [0.1, 0.15) is 47.0 Å². The van der Waals surface area contributed by atoms with Crippen LogP contribution >= 0.6 is 0 Å². The van der Waals surface area contributed by atoms with Crippen molar-refractivity contribution in [1.29, 1.82) is 0 Å². The van der Waals surface area contributed by atoms with Crippen molar-refractivity contribution in [2.45, 2.75) is 53.1 Å². The fraction of sp³-hybridized carbons (Fsp3) is 0.647. The Hall–Kier alpha value is -1.58. The quantitative estimate of drug-likeness (QED) is 0.492. The highest BCUT2D eigenvalue weighted by Crippen LogP contribution is 2.49. The fourth-order valence-corrected chi connectivity index (χ4v) is 3.92. The fourth-order valence-electron chi connectivity index (χ4n) is 3.92. The lowest BCUT2D eigenvalue weighted by molar-refractivity contribution is -0.148. The van der Waals surface area contributed by atoms with Gasteiger partial charge in [0.15, 0.2) is 0 Å². The molecule has 0 aromatic rings. The van der Waals surface area contributed by atoms with Crippen LogP contribution in [0, 0.1) is 17.8 Å². The lowest BCUT2D eigenvalue weighted by atomic mass is 9.70. The Balaban J connectivity index is 2.29. The van der Waals surface area contributed by atoms with Crippen molar-refractivity contribution in [2.75, 3.05) is 0 Å². The second-order valence-electron chi connectivity index (χ2n) is 6.43. The Bertz CT molecular complexity index is 515. The number of fused-ring (bicyclic) bond motifs is 1. The highest BCUT2D eigenvalue weighted by Gasteiger charge is 2.43. The van der Waals surface area contributed by atoms with Gasteiger partial charge in [-0.2, -0.15) is 0 Å². The topological polar surface area (TPSA) is 63.6 Å². The summed E-state index contributed by atoms with van der Waals surface area (Å²) in [4.78, 5) is 22.4. The van der Waals surface area contributed by atoms with E-state index in [1.54, 1.807) is 6.92 Å². The summed E-state index contributed by atoms with van der Waals surface area (Å²) in [6.07, 6.45) is 4.58. The van der Waals surface area contributed by atoms with E-state index in [0.29, 0.717) is 11.5 Å². The number of esters is 1. The predicted molar refractivity (Wildman–Crippen MR) is 79.6 cm³/mol. The van der Waals surface area contributed by atoms with Gasteiger partial charge in [-0.25, -0.2) is 4.79 Å². The summed E-state index contributed by atoms with van der Waals surface area (Å²) in [6, 6.07) is 0. The predicted octanol–water partition coefficient (Wildman–Crippen LogP) is 3.33. The van der Waals surface area contributed by atoms with E-state index < -0.39 is 5.97 Å². The van der Waals surface area contributed by atoms with Crippen LogP contribution < -0.4 is 0 Å². The number of rotatable bonds is 3. The molecule has 4 heteroatoms. The third-order valence-electron chi connectivity index (χ3n) is 4.81. The Morgan fingerprint density at radius 3 is 2.52 bits per heavy atom. The van der Waals surface area contributed by atoms with Crippen molar-refractivity contribution in [3.05, 3.63) is 22.8 Å². The van der Waals surface area contributed by atoms with Crippen LogP contribution in [0.5, 0.6) is 0 Å². The molecule has 2 aliphatic carbocycles. The Kier molecular flexibility index (Phi) is 4.55. The first-order chi connectivity index (χ1) is 9.81. The smallest absolute Gasteiger partial charge is 0.330 e. The number of carbonyl (C=O) groups is 2. The molecule has 4 nitrogen and oxygen atoms in total. The maximum absolute atomic E-state index is 11.3. The van der Waals surface area contributed by atoms with Gasteiger partial charge in [-0.1, -0.05) is 24.1 Å². The first kappa shape index (κ1) is 15.8. The van der Waals surface area contributed by atoms with E-state index in [2.05, 4.69) is 13.8 Å². The summed E-state index contributed by atoms with van der Waals surface area (Å²) < 4.78 is 5.50. The molecular formula is C17H24O4. The third-order valence-corrected chi connectivity index (χ3v) is 4.81. The van der Waals surface area contributed by atoms with Crippen LogP contribution in [-0.2, 0) is 14.3 Å². The van der Waals surface area contributed by atoms with E-state index in [1.165, 1.54) is 18.1 Å². The SMILES string of the molecule is CC(=O)OC1CC(C)=C2C1C(C)CC[C@H]2/C=C(\C)C(=O)O. The Morgan fingerprint density at radius 1 is 1.29 bits per heavy atom. The third kappa shape index (κ3) is 3.20. The minimum Gasteiger partial charge on any atom is -0.478 e. The number of allylic oxidation sites excluding steroid dienone is 1. The molecular weight excluding hydrogens is 268 g/mol. The molecule has 0 spiro atoms. The number of hydrogen-bond donors (Lipinski definition) is 1. The first-order valence-electron chi connectivity index (χ1n) is 7.59. The van der Waals surface area contributed by atoms with Crippen LogP contribution in [0.15, 0.2) is 22.8 Å². The minimum atomic E-state index is -0.863. The van der Waals surface area contributed by atoms with Crippen LogP contribution in [0.2, 0.25) is 0 Å². The standard InChI is InChI=1S/C17H24O4/c1-9-5-6-13(7-11(3)17(19)20)15-10(2)8-14(16(9)15)21-12(4)18/h7,9,13-14,16H,5-6,8H2,1-4H3,(H,19,20)/b11-7+/t9?,13-,14?,16?/m0/s1. The molecule has 0 aliphatic heterocycles. The van der Waals surface area contributed by atoms with Gasteiger partial charge >= 0.3 is 11.9 Å². The van der Waals surface area contributed by atoms with Gasteiger partial charge in [-0.3, -0.25) is 4.79 Å². The van der Waals surface area contributed by atoms with Crippen molar-refractivity contribution in [1.82, 2.24) is 0 Å². The molecule has 0 bridgehead atoms. The van der Waals surface area contributed by atoms with Crippen molar-refractivity contribution in [3.8, 4) is 0 Å². The van der Waals surface area contributed by atoms with Crippen LogP contribution in [0.3, 0.4) is 0 Å². The van der Waals surface area contributed by atoms with E-state index in [4.69, 9.17) is 9.84 Å². The number of carboxylic acids is 1. The highest BCUT2D eigenvalue weighted by atomic mass is 16.5. The second kappa shape index (κ2) is 6.04. The average Bonchev–Trinajstić information content (AvgIpc) is 2.69. The normalized spacial score (nSPS) is 32.9. The summed E-state index contributed by atoms with van der Waals surface area (Å²) >= 11 is 0. The molecule has 1 fully saturated rings. The average molecular weight is 292 g/mol. The van der Waals surface area contributed by atoms with Crippen molar-refractivity contribution in [2.24, 2.45) is 17.8 Å². The summed E-state index contributed by atoms with van der Waals surface area (Å²) in [5, 5.41) is 9.09. The van der Waals surface area contributed by atoms with Crippen molar-refractivity contribution >= 4 is 11.9 Å². The second-order valence-corrected chi connectivity index (χ2v) is 6.43. The van der Waals surface area contributed by atoms with Crippen molar-refractivity contribution in [3.63, 3.8) is 0 Å². The van der Waals surface area contributed by atoms with Gasteiger partial charge in [0.1, 0.15) is 6.10 Å². The molecule has 0 saturated heterocycles. The van der Waals surface area contributed by atoms with Gasteiger partial charge in [-0.15, -0.1) is 0 Å². The number of aliphatic carboxylic acids is 1. The Morgan fingerprint density at radius 2 is 1.95 bits per heavy atom. The van der Waals surface area contributed by atoms with Gasteiger partial charge in [0.2, 0.25) is 0 Å². The van der Waals surface area contributed by atoms with Gasteiger partial charge in [-0.05, 0) is 38.5 Å². The zero-order valence-corrected chi connectivity index (χ0v) is 13.2. The molecule has 3 unspecified atom stereocenters. The Labute approximate surface area is 125 Å². The van der Waals surface area contributed by atoms with Crippen molar-refractivity contribution < 1.29 is 19.4 Å². The van der Waals surface area contributed by atoms with Crippen LogP contribution in [0.4, 0.5) is 0 Å². The zero-order chi connectivity index (χ0) is 15.7. The van der Waals surface area contributed by atoms with Gasteiger partial charge < -0.3 is 9.84 Å². The lowest BCUT2D eigenvalue weighted by Gasteiger charge is -2.36. The maximum Gasteiger partial charge on any atom is 0.330 e. The summed E-state index contributed by atoms with van der Waals surface area (Å²) in [5.74, 6) is -0.219. The number of carbonyl (C=O) groups excluding carboxylic acids is 1. The number of ether oxygens (including phenoxy) is 1. The van der Waals surface area contributed by atoms with E-state index in [9.17, 15) is 9.59 Å². The van der Waals surface area contributed by atoms with Gasteiger partial charge in [0, 0.05) is 24.8 Å². The molecule has 0 aromatic heterocycles. The van der Waals surface area contributed by atoms with Gasteiger partial charge in [0.05, 0.1) is 0 Å². The van der Waals surface area contributed by atoms with Crippen LogP contribution in [-0.4, -0.2) is 23.1 Å². The minimum absolute atomic E-state index is 0.0752. The highest BCUT2D eigenvalue weighted by molar-refractivity contribution is 5.85. The van der Waals surface area contributed by atoms with Gasteiger partial charge in [0.25, 0.3) is 0 Å². The molecule has 1 saturated carbocycles. The summed E-state index contributed by atoms with van der Waals surface area (Å²) in [7, 11) is 0. The number of hydrogen-bond acceptors (Lipinski definition) is 3. The molecule has 21 heavy (non-hydrogen) atoms. The largest absolute Gasteiger partial charge is 0.478 e. The molecule has 2 rings (SSSR count).